The molecule has 1 amide bonds. The number of hydrogen-bond acceptors (Lipinski definition) is 4. The predicted octanol–water partition coefficient (Wildman–Crippen LogP) is 4.39. The van der Waals surface area contributed by atoms with Gasteiger partial charge in [-0.25, -0.2) is 14.4 Å². The van der Waals surface area contributed by atoms with Crippen LogP contribution in [0.5, 0.6) is 0 Å². The molecule has 3 rings (SSSR count). The van der Waals surface area contributed by atoms with Gasteiger partial charge in [-0.15, -0.1) is 11.3 Å². The maximum atomic E-state index is 13.1. The molecule has 0 bridgehead atoms. The molecule has 3 aromatic rings. The van der Waals surface area contributed by atoms with Gasteiger partial charge in [-0.2, -0.15) is 0 Å². The summed E-state index contributed by atoms with van der Waals surface area (Å²) in [6, 6.07) is 6.01. The predicted molar refractivity (Wildman–Crippen MR) is 81.8 cm³/mol. The van der Waals surface area contributed by atoms with Gasteiger partial charge in [0.05, 0.1) is 4.88 Å². The van der Waals surface area contributed by atoms with E-state index in [0.717, 1.165) is 5.39 Å². The van der Waals surface area contributed by atoms with Crippen LogP contribution in [0.2, 0.25) is 10.2 Å². The third-order valence-corrected chi connectivity index (χ3v) is 4.52. The molecule has 2 aromatic heterocycles. The van der Waals surface area contributed by atoms with E-state index in [-0.39, 0.29) is 21.8 Å². The number of hydrogen-bond donors (Lipinski definition) is 1. The Bertz CT molecular complexity index is 853. The van der Waals surface area contributed by atoms with Crippen LogP contribution in [0.1, 0.15) is 9.67 Å². The summed E-state index contributed by atoms with van der Waals surface area (Å²) in [7, 11) is 0. The van der Waals surface area contributed by atoms with Crippen LogP contribution in [0.3, 0.4) is 0 Å². The second-order valence-electron chi connectivity index (χ2n) is 4.07. The molecule has 21 heavy (non-hydrogen) atoms. The number of carbonyl (C=O) groups excluding carboxylic acids is 1. The fraction of sp³-hybridized carbons (Fsp3) is 0. The monoisotopic (exact) mass is 341 g/mol. The number of rotatable bonds is 2. The number of benzene rings is 1. The van der Waals surface area contributed by atoms with Gasteiger partial charge in [0.1, 0.15) is 17.2 Å². The molecule has 1 N–H and O–H groups in total. The average Bonchev–Trinajstić information content (AvgIpc) is 2.87. The number of aromatic nitrogens is 2. The topological polar surface area (TPSA) is 54.9 Å². The molecule has 4 nitrogen and oxygen atoms in total. The smallest absolute Gasteiger partial charge is 0.266 e. The molecule has 0 aliphatic heterocycles. The first-order chi connectivity index (χ1) is 10.0. The maximum absolute atomic E-state index is 13.1. The molecule has 8 heteroatoms. The van der Waals surface area contributed by atoms with E-state index in [1.54, 1.807) is 12.1 Å². The standard InChI is InChI=1S/C13H6Cl2FN3OS/c14-10-11(15)17-5-18-12(10)19-13(20)9-3-6-1-2-7(16)4-8(6)21-9/h1-5H,(H,17,18,19,20). The molecule has 106 valence electrons. The van der Waals surface area contributed by atoms with Gasteiger partial charge in [0, 0.05) is 4.70 Å². The lowest BCUT2D eigenvalue weighted by Crippen LogP contribution is -2.12. The number of amides is 1. The van der Waals surface area contributed by atoms with Crippen molar-refractivity contribution in [2.45, 2.75) is 0 Å². The second kappa shape index (κ2) is 5.55. The van der Waals surface area contributed by atoms with Crippen molar-refractivity contribution in [2.75, 3.05) is 5.32 Å². The summed E-state index contributed by atoms with van der Waals surface area (Å²) in [6.07, 6.45) is 1.20. The Morgan fingerprint density at radius 2 is 2.05 bits per heavy atom. The third-order valence-electron chi connectivity index (χ3n) is 2.68. The minimum absolute atomic E-state index is 0.0559. The Hall–Kier alpha value is -1.76. The minimum Gasteiger partial charge on any atom is -0.304 e. The number of carbonyl (C=O) groups is 1. The van der Waals surface area contributed by atoms with Gasteiger partial charge < -0.3 is 5.32 Å². The van der Waals surface area contributed by atoms with Crippen LogP contribution in [-0.2, 0) is 0 Å². The molecule has 0 aliphatic rings. The Morgan fingerprint density at radius 1 is 1.24 bits per heavy atom. The Morgan fingerprint density at radius 3 is 2.86 bits per heavy atom. The number of nitrogens with zero attached hydrogens (tertiary/aromatic N) is 2. The Labute approximate surface area is 132 Å². The Balaban J connectivity index is 1.91. The first-order valence-electron chi connectivity index (χ1n) is 5.71. The first-order valence-corrected chi connectivity index (χ1v) is 7.28. The summed E-state index contributed by atoms with van der Waals surface area (Å²) in [5.74, 6) is -0.611. The largest absolute Gasteiger partial charge is 0.304 e. The summed E-state index contributed by atoms with van der Waals surface area (Å²) < 4.78 is 13.8. The van der Waals surface area contributed by atoms with Crippen LogP contribution in [-0.4, -0.2) is 15.9 Å². The van der Waals surface area contributed by atoms with Crippen molar-refractivity contribution >= 4 is 56.3 Å². The van der Waals surface area contributed by atoms with E-state index in [4.69, 9.17) is 23.2 Å². The van der Waals surface area contributed by atoms with Crippen molar-refractivity contribution in [1.29, 1.82) is 0 Å². The number of anilines is 1. The molecule has 0 fully saturated rings. The van der Waals surface area contributed by atoms with Crippen molar-refractivity contribution in [3.8, 4) is 0 Å². The number of thiophene rings is 1. The first kappa shape index (κ1) is 14.2. The molecular weight excluding hydrogens is 336 g/mol. The number of halogens is 3. The fourth-order valence-electron chi connectivity index (χ4n) is 1.72. The molecule has 2 heterocycles. The van der Waals surface area contributed by atoms with Crippen molar-refractivity contribution in [2.24, 2.45) is 0 Å². The van der Waals surface area contributed by atoms with Crippen LogP contribution >= 0.6 is 34.5 Å². The average molecular weight is 342 g/mol. The molecule has 0 unspecified atom stereocenters. The van der Waals surface area contributed by atoms with E-state index in [2.05, 4.69) is 15.3 Å². The SMILES string of the molecule is O=C(Nc1ncnc(Cl)c1Cl)c1cc2ccc(F)cc2s1. The number of fused-ring (bicyclic) bond motifs is 1. The lowest BCUT2D eigenvalue weighted by Gasteiger charge is -2.04. The molecule has 0 saturated heterocycles. The van der Waals surface area contributed by atoms with Gasteiger partial charge in [-0.05, 0) is 23.6 Å². The van der Waals surface area contributed by atoms with Crippen LogP contribution in [0.15, 0.2) is 30.6 Å². The highest BCUT2D eigenvalue weighted by molar-refractivity contribution is 7.20. The zero-order valence-corrected chi connectivity index (χ0v) is 12.6. The highest BCUT2D eigenvalue weighted by atomic mass is 35.5. The van der Waals surface area contributed by atoms with Gasteiger partial charge >= 0.3 is 0 Å². The quantitative estimate of drug-likeness (QED) is 0.703. The highest BCUT2D eigenvalue weighted by Crippen LogP contribution is 2.29. The zero-order chi connectivity index (χ0) is 15.0. The fourth-order valence-corrected chi connectivity index (χ4v) is 2.98. The normalized spacial score (nSPS) is 10.8. The summed E-state index contributed by atoms with van der Waals surface area (Å²) in [6.45, 7) is 0. The van der Waals surface area contributed by atoms with Crippen LogP contribution in [0.4, 0.5) is 10.2 Å². The molecule has 0 spiro atoms. The lowest BCUT2D eigenvalue weighted by atomic mass is 10.2. The van der Waals surface area contributed by atoms with Gasteiger partial charge in [-0.3, -0.25) is 4.79 Å². The van der Waals surface area contributed by atoms with E-state index in [9.17, 15) is 9.18 Å². The highest BCUT2D eigenvalue weighted by Gasteiger charge is 2.15. The third kappa shape index (κ3) is 2.83. The summed E-state index contributed by atoms with van der Waals surface area (Å²) in [5, 5.41) is 3.47. The van der Waals surface area contributed by atoms with Gasteiger partial charge in [0.15, 0.2) is 11.0 Å². The molecule has 0 atom stereocenters. The molecule has 1 aromatic carbocycles. The van der Waals surface area contributed by atoms with Crippen LogP contribution in [0.25, 0.3) is 10.1 Å². The zero-order valence-electron chi connectivity index (χ0n) is 10.2. The van der Waals surface area contributed by atoms with E-state index >= 15 is 0 Å². The number of nitrogens with one attached hydrogen (secondary N) is 1. The summed E-state index contributed by atoms with van der Waals surface area (Å²) in [4.78, 5) is 20.1. The molecule has 0 radical (unpaired) electrons. The maximum Gasteiger partial charge on any atom is 0.266 e. The van der Waals surface area contributed by atoms with Crippen molar-refractivity contribution in [3.63, 3.8) is 0 Å². The van der Waals surface area contributed by atoms with Crippen LogP contribution in [0, 0.1) is 5.82 Å². The van der Waals surface area contributed by atoms with Crippen LogP contribution < -0.4 is 5.32 Å². The van der Waals surface area contributed by atoms with Gasteiger partial charge in [0.25, 0.3) is 5.91 Å². The summed E-state index contributed by atoms with van der Waals surface area (Å²) in [5.41, 5.74) is 0. The van der Waals surface area contributed by atoms with Crippen molar-refractivity contribution in [1.82, 2.24) is 9.97 Å². The second-order valence-corrected chi connectivity index (χ2v) is 5.89. The van der Waals surface area contributed by atoms with E-state index in [1.165, 1.54) is 29.8 Å². The lowest BCUT2D eigenvalue weighted by molar-refractivity contribution is 0.103. The van der Waals surface area contributed by atoms with E-state index in [0.29, 0.717) is 9.58 Å². The van der Waals surface area contributed by atoms with Crippen molar-refractivity contribution < 1.29 is 9.18 Å². The minimum atomic E-state index is -0.395. The van der Waals surface area contributed by atoms with Gasteiger partial charge in [0.2, 0.25) is 0 Å². The van der Waals surface area contributed by atoms with Gasteiger partial charge in [-0.1, -0.05) is 29.3 Å². The Kier molecular flexibility index (Phi) is 3.75. The van der Waals surface area contributed by atoms with Crippen molar-refractivity contribution in [3.05, 3.63) is 51.5 Å². The molecular formula is C13H6Cl2FN3OS. The summed E-state index contributed by atoms with van der Waals surface area (Å²) >= 11 is 12.8. The van der Waals surface area contributed by atoms with E-state index < -0.39 is 5.91 Å². The van der Waals surface area contributed by atoms with E-state index in [1.807, 2.05) is 0 Å². The molecule has 0 aliphatic carbocycles. The molecule has 0 saturated carbocycles.